The molecule has 0 saturated carbocycles. The summed E-state index contributed by atoms with van der Waals surface area (Å²) >= 11 is 0. The Balaban J connectivity index is 1.67. The fourth-order valence-corrected chi connectivity index (χ4v) is 5.36. The summed E-state index contributed by atoms with van der Waals surface area (Å²) in [6.07, 6.45) is 3.53. The minimum atomic E-state index is -3.69. The Morgan fingerprint density at radius 2 is 1.82 bits per heavy atom. The molecule has 2 aliphatic heterocycles. The molecule has 0 aromatic heterocycles. The van der Waals surface area contributed by atoms with Crippen molar-refractivity contribution in [3.8, 4) is 0 Å². The van der Waals surface area contributed by atoms with Crippen molar-refractivity contribution in [3.05, 3.63) is 48.0 Å². The predicted octanol–water partition coefficient (Wildman–Crippen LogP) is 2.84. The molecule has 176 valence electrons. The van der Waals surface area contributed by atoms with Crippen molar-refractivity contribution in [1.82, 2.24) is 4.31 Å². The molecule has 0 bridgehead atoms. The molecule has 0 spiro atoms. The van der Waals surface area contributed by atoms with E-state index in [0.29, 0.717) is 17.8 Å². The van der Waals surface area contributed by atoms with Crippen LogP contribution in [-0.2, 0) is 26.0 Å². The summed E-state index contributed by atoms with van der Waals surface area (Å²) in [5, 5.41) is 2.85. The topological polar surface area (TPSA) is 90.0 Å². The second-order valence-electron chi connectivity index (χ2n) is 8.67. The maximum absolute atomic E-state index is 13.4. The van der Waals surface area contributed by atoms with Crippen LogP contribution in [0.2, 0.25) is 0 Å². The summed E-state index contributed by atoms with van der Waals surface area (Å²) < 4.78 is 26.6. The zero-order valence-electron chi connectivity index (χ0n) is 19.2. The van der Waals surface area contributed by atoms with Gasteiger partial charge in [-0.1, -0.05) is 19.1 Å². The van der Waals surface area contributed by atoms with E-state index in [9.17, 15) is 18.0 Å². The first-order valence-corrected chi connectivity index (χ1v) is 12.7. The molecule has 2 aromatic rings. The van der Waals surface area contributed by atoms with E-state index >= 15 is 0 Å². The number of anilines is 3. The highest BCUT2D eigenvalue weighted by Gasteiger charge is 2.40. The van der Waals surface area contributed by atoms with Crippen LogP contribution in [0.15, 0.2) is 47.4 Å². The van der Waals surface area contributed by atoms with Crippen LogP contribution in [0.4, 0.5) is 17.1 Å². The van der Waals surface area contributed by atoms with Gasteiger partial charge in [0.2, 0.25) is 21.8 Å². The predicted molar refractivity (Wildman–Crippen MR) is 129 cm³/mol. The van der Waals surface area contributed by atoms with Gasteiger partial charge in [0.15, 0.2) is 0 Å². The summed E-state index contributed by atoms with van der Waals surface area (Å²) in [7, 11) is -0.752. The molecule has 0 aliphatic carbocycles. The normalized spacial score (nSPS) is 18.2. The second-order valence-corrected chi connectivity index (χ2v) is 10.8. The van der Waals surface area contributed by atoms with E-state index < -0.39 is 10.0 Å². The van der Waals surface area contributed by atoms with Gasteiger partial charge < -0.3 is 10.2 Å². The lowest BCUT2D eigenvalue weighted by atomic mass is 9.96. The van der Waals surface area contributed by atoms with Crippen LogP contribution >= 0.6 is 0 Å². The minimum Gasteiger partial charge on any atom is -0.358 e. The molecule has 0 radical (unpaired) electrons. The van der Waals surface area contributed by atoms with Crippen molar-refractivity contribution in [3.63, 3.8) is 0 Å². The molecular weight excluding hydrogens is 440 g/mol. The van der Waals surface area contributed by atoms with Crippen LogP contribution in [0.25, 0.3) is 0 Å². The van der Waals surface area contributed by atoms with Crippen LogP contribution in [0.5, 0.6) is 0 Å². The van der Waals surface area contributed by atoms with Gasteiger partial charge in [0.1, 0.15) is 12.6 Å². The number of hydrogen-bond donors (Lipinski definition) is 1. The summed E-state index contributed by atoms with van der Waals surface area (Å²) in [5.74, 6) is -0.498. The molecule has 9 heteroatoms. The van der Waals surface area contributed by atoms with Gasteiger partial charge in [0, 0.05) is 26.3 Å². The summed E-state index contributed by atoms with van der Waals surface area (Å²) in [5.41, 5.74) is 3.07. The number of benzene rings is 2. The summed E-state index contributed by atoms with van der Waals surface area (Å²) in [6.45, 7) is 2.61. The molecule has 4 rings (SSSR count). The van der Waals surface area contributed by atoms with E-state index in [1.54, 1.807) is 12.1 Å². The highest BCUT2D eigenvalue weighted by atomic mass is 32.2. The van der Waals surface area contributed by atoms with Gasteiger partial charge in [0.25, 0.3) is 0 Å². The number of nitrogens with one attached hydrogen (secondary N) is 1. The largest absolute Gasteiger partial charge is 0.358 e. The Bertz CT molecular complexity index is 1160. The smallest absolute Gasteiger partial charge is 0.250 e. The third-order valence-electron chi connectivity index (χ3n) is 6.33. The number of piperidine rings is 1. The number of carbonyl (C=O) groups excluding carboxylic acids is 2. The van der Waals surface area contributed by atoms with Gasteiger partial charge >= 0.3 is 0 Å². The van der Waals surface area contributed by atoms with Gasteiger partial charge in [-0.25, -0.2) is 12.7 Å². The summed E-state index contributed by atoms with van der Waals surface area (Å²) in [6, 6.07) is 12.1. The van der Waals surface area contributed by atoms with Crippen LogP contribution < -0.4 is 15.1 Å². The summed E-state index contributed by atoms with van der Waals surface area (Å²) in [4.78, 5) is 29.9. The maximum atomic E-state index is 13.4. The number of nitrogens with zero attached hydrogens (tertiary/aromatic N) is 3. The number of sulfonamides is 1. The Kier molecular flexibility index (Phi) is 6.45. The van der Waals surface area contributed by atoms with Crippen molar-refractivity contribution >= 4 is 38.9 Å². The van der Waals surface area contributed by atoms with Crippen LogP contribution in [0, 0.1) is 0 Å². The van der Waals surface area contributed by atoms with E-state index in [0.717, 1.165) is 35.8 Å². The maximum Gasteiger partial charge on any atom is 0.250 e. The molecule has 1 saturated heterocycles. The number of fused-ring (bicyclic) bond motifs is 3. The molecule has 1 atom stereocenters. The monoisotopic (exact) mass is 470 g/mol. The van der Waals surface area contributed by atoms with Crippen molar-refractivity contribution in [1.29, 1.82) is 0 Å². The molecular formula is C24H30N4O4S. The van der Waals surface area contributed by atoms with Crippen LogP contribution in [0.3, 0.4) is 0 Å². The van der Waals surface area contributed by atoms with E-state index in [1.165, 1.54) is 30.6 Å². The van der Waals surface area contributed by atoms with E-state index in [2.05, 4.69) is 12.2 Å². The molecule has 1 fully saturated rings. The Hall–Kier alpha value is -2.91. The number of hydrogen-bond acceptors (Lipinski definition) is 5. The molecule has 8 nitrogen and oxygen atoms in total. The van der Waals surface area contributed by atoms with Gasteiger partial charge in [-0.05, 0) is 61.6 Å². The standard InChI is InChI=1S/C24H30N4O4S/c1-4-17-8-10-18(11-9-17)25-23(29)16-28-22-15-19(33(31,32)26(2)3)12-13-20(22)27-14-6-5-7-21(27)24(28)30/h8-13,15,21H,4-7,14,16H2,1-3H3,(H,25,29)/t21-/m1/s1. The first-order valence-electron chi connectivity index (χ1n) is 11.3. The van der Waals surface area contributed by atoms with E-state index in [4.69, 9.17) is 0 Å². The highest BCUT2D eigenvalue weighted by molar-refractivity contribution is 7.89. The molecule has 2 heterocycles. The average molecular weight is 471 g/mol. The second kappa shape index (κ2) is 9.15. The Morgan fingerprint density at radius 1 is 1.09 bits per heavy atom. The molecule has 0 unspecified atom stereocenters. The lowest BCUT2D eigenvalue weighted by molar-refractivity contribution is -0.123. The Morgan fingerprint density at radius 3 is 2.48 bits per heavy atom. The van der Waals surface area contributed by atoms with Gasteiger partial charge in [-0.15, -0.1) is 0 Å². The molecule has 33 heavy (non-hydrogen) atoms. The van der Waals surface area contributed by atoms with E-state index in [1.807, 2.05) is 29.2 Å². The fourth-order valence-electron chi connectivity index (χ4n) is 4.44. The number of aryl methyl sites for hydroxylation is 1. The Labute approximate surface area is 195 Å². The van der Waals surface area contributed by atoms with Gasteiger partial charge in [-0.2, -0.15) is 0 Å². The van der Waals surface area contributed by atoms with Crippen LogP contribution in [0.1, 0.15) is 31.7 Å². The molecule has 2 aromatic carbocycles. The lowest BCUT2D eigenvalue weighted by Gasteiger charge is -2.45. The quantitative estimate of drug-likeness (QED) is 0.701. The highest BCUT2D eigenvalue weighted by Crippen LogP contribution is 2.40. The van der Waals surface area contributed by atoms with Gasteiger partial charge in [0.05, 0.1) is 16.3 Å². The van der Waals surface area contributed by atoms with E-state index in [-0.39, 0.29) is 29.3 Å². The number of amides is 2. The zero-order valence-corrected chi connectivity index (χ0v) is 20.1. The minimum absolute atomic E-state index is 0.0927. The average Bonchev–Trinajstić information content (AvgIpc) is 2.81. The zero-order chi connectivity index (χ0) is 23.8. The van der Waals surface area contributed by atoms with Crippen LogP contribution in [-0.4, -0.2) is 57.8 Å². The van der Waals surface area contributed by atoms with Crippen molar-refractivity contribution < 1.29 is 18.0 Å². The molecule has 2 amide bonds. The lowest BCUT2D eigenvalue weighted by Crippen LogP contribution is -2.56. The molecule has 2 aliphatic rings. The number of rotatable bonds is 6. The van der Waals surface area contributed by atoms with Gasteiger partial charge in [-0.3, -0.25) is 14.5 Å². The first-order chi connectivity index (χ1) is 15.7. The SMILES string of the molecule is CCc1ccc(NC(=O)CN2C(=O)[C@H]3CCCCN3c3ccc(S(=O)(=O)N(C)C)cc32)cc1. The van der Waals surface area contributed by atoms with Crippen molar-refractivity contribution in [2.75, 3.05) is 42.3 Å². The molecule has 1 N–H and O–H groups in total. The third-order valence-corrected chi connectivity index (χ3v) is 8.14. The van der Waals surface area contributed by atoms with Crippen molar-refractivity contribution in [2.45, 2.75) is 43.5 Å². The number of carbonyl (C=O) groups is 2. The third kappa shape index (κ3) is 4.47. The fraction of sp³-hybridized carbons (Fsp3) is 0.417. The first kappa shape index (κ1) is 23.3. The van der Waals surface area contributed by atoms with Crippen molar-refractivity contribution in [2.24, 2.45) is 0 Å².